The smallest absolute Gasteiger partial charge is 0.303 e. The summed E-state index contributed by atoms with van der Waals surface area (Å²) in [5.74, 6) is -1.95. The molecule has 0 saturated carbocycles. The summed E-state index contributed by atoms with van der Waals surface area (Å²) in [5.41, 5.74) is 0.700. The van der Waals surface area contributed by atoms with Crippen molar-refractivity contribution >= 4 is 59.0 Å². The maximum absolute atomic E-state index is 11.5. The Kier molecular flexibility index (Phi) is 12.1. The van der Waals surface area contributed by atoms with E-state index in [-0.39, 0.29) is 58.3 Å². The number of benzene rings is 1. The van der Waals surface area contributed by atoms with E-state index in [4.69, 9.17) is 39.4 Å². The lowest BCUT2D eigenvalue weighted by molar-refractivity contribution is -0.154. The van der Waals surface area contributed by atoms with Crippen LogP contribution in [0.25, 0.3) is 28.9 Å². The molecule has 244 valence electrons. The first-order valence-corrected chi connectivity index (χ1v) is 15.6. The number of thioether (sulfide) groups is 2. The summed E-state index contributed by atoms with van der Waals surface area (Å²) in [5, 5.41) is 25.3. The third kappa shape index (κ3) is 9.75. The first-order valence-electron chi connectivity index (χ1n) is 13.2. The van der Waals surface area contributed by atoms with E-state index in [9.17, 15) is 19.2 Å². The molecule has 1 aromatic carbocycles. The first-order chi connectivity index (χ1) is 22.0. The second kappa shape index (κ2) is 16.2. The highest BCUT2D eigenvalue weighted by Gasteiger charge is 2.28. The molecule has 0 N–H and O–H groups in total. The number of aromatic nitrogens is 7. The first kappa shape index (κ1) is 34.4. The van der Waals surface area contributed by atoms with Crippen LogP contribution in [0.1, 0.15) is 27.7 Å². The Morgan fingerprint density at radius 2 is 1.28 bits per heavy atom. The number of halogens is 1. The van der Waals surface area contributed by atoms with Gasteiger partial charge in [0.1, 0.15) is 25.4 Å². The summed E-state index contributed by atoms with van der Waals surface area (Å²) in [4.78, 5) is 45.4. The number of rotatable bonds is 15. The molecule has 3 heterocycles. The fourth-order valence-corrected chi connectivity index (χ4v) is 5.26. The van der Waals surface area contributed by atoms with E-state index in [1.165, 1.54) is 32.4 Å². The van der Waals surface area contributed by atoms with Gasteiger partial charge in [0.15, 0.2) is 11.4 Å². The van der Waals surface area contributed by atoms with Crippen LogP contribution in [0.2, 0.25) is 5.02 Å². The number of para-hydroxylation sites is 1. The summed E-state index contributed by atoms with van der Waals surface area (Å²) in [6.07, 6.45) is -1.53. The Labute approximate surface area is 274 Å². The molecule has 4 aromatic rings. The Balaban J connectivity index is 1.59. The summed E-state index contributed by atoms with van der Waals surface area (Å²) in [6, 6.07) is 6.84. The number of esters is 4. The molecule has 0 aliphatic heterocycles. The topological polar surface area (TPSA) is 214 Å². The summed E-state index contributed by atoms with van der Waals surface area (Å²) in [6.45, 7) is 4.66. The van der Waals surface area contributed by atoms with Crippen LogP contribution in [0.15, 0.2) is 43.5 Å². The van der Waals surface area contributed by atoms with Crippen molar-refractivity contribution in [3.05, 3.63) is 29.3 Å². The molecule has 2 atom stereocenters. The lowest BCUT2D eigenvalue weighted by atomic mass is 10.2. The molecule has 0 saturated heterocycles. The van der Waals surface area contributed by atoms with Gasteiger partial charge in [-0.25, -0.2) is 4.68 Å². The van der Waals surface area contributed by atoms with Crippen LogP contribution in [-0.2, 0) is 38.1 Å². The fourth-order valence-electron chi connectivity index (χ4n) is 3.59. The molecule has 3 aromatic heterocycles. The lowest BCUT2D eigenvalue weighted by Gasteiger charge is -2.15. The van der Waals surface area contributed by atoms with Crippen molar-refractivity contribution in [1.29, 1.82) is 0 Å². The van der Waals surface area contributed by atoms with E-state index in [0.717, 1.165) is 23.5 Å². The van der Waals surface area contributed by atoms with Crippen LogP contribution in [0.3, 0.4) is 0 Å². The number of carbonyl (C=O) groups is 4. The van der Waals surface area contributed by atoms with Gasteiger partial charge in [-0.15, -0.1) is 25.5 Å². The summed E-state index contributed by atoms with van der Waals surface area (Å²) < 4.78 is 33.4. The van der Waals surface area contributed by atoms with Crippen molar-refractivity contribution in [2.45, 2.75) is 50.3 Å². The molecular weight excluding hydrogens is 670 g/mol. The van der Waals surface area contributed by atoms with E-state index in [0.29, 0.717) is 10.7 Å². The van der Waals surface area contributed by atoms with Crippen molar-refractivity contribution < 1.29 is 47.0 Å². The summed E-state index contributed by atoms with van der Waals surface area (Å²) in [7, 11) is 0. The van der Waals surface area contributed by atoms with E-state index < -0.39 is 36.1 Å². The molecule has 0 amide bonds. The maximum atomic E-state index is 11.5. The van der Waals surface area contributed by atoms with Crippen LogP contribution in [0.5, 0.6) is 0 Å². The average molecular weight is 696 g/mol. The highest BCUT2D eigenvalue weighted by atomic mass is 35.5. The van der Waals surface area contributed by atoms with Crippen molar-refractivity contribution in [3.63, 3.8) is 0 Å². The fraction of sp³-hybridized carbons (Fsp3) is 0.385. The van der Waals surface area contributed by atoms with E-state index in [1.807, 2.05) is 0 Å². The van der Waals surface area contributed by atoms with Gasteiger partial charge >= 0.3 is 23.9 Å². The van der Waals surface area contributed by atoms with Gasteiger partial charge in [-0.05, 0) is 12.1 Å². The number of hydrogen-bond acceptors (Lipinski definition) is 18. The molecule has 17 nitrogen and oxygen atoms in total. The minimum absolute atomic E-state index is 0.0323. The second-order valence-electron chi connectivity index (χ2n) is 9.09. The largest absolute Gasteiger partial charge is 0.462 e. The number of ether oxygens (including phenoxy) is 4. The molecule has 0 aliphatic carbocycles. The van der Waals surface area contributed by atoms with Gasteiger partial charge in [-0.1, -0.05) is 52.5 Å². The second-order valence-corrected chi connectivity index (χ2v) is 11.4. The zero-order valence-corrected chi connectivity index (χ0v) is 27.1. The van der Waals surface area contributed by atoms with Crippen LogP contribution in [-0.4, -0.2) is 96.2 Å². The van der Waals surface area contributed by atoms with Gasteiger partial charge < -0.3 is 27.8 Å². The van der Waals surface area contributed by atoms with Crippen LogP contribution in [0.4, 0.5) is 0 Å². The molecule has 4 rings (SSSR count). The van der Waals surface area contributed by atoms with Gasteiger partial charge in [-0.2, -0.15) is 0 Å². The highest BCUT2D eigenvalue weighted by molar-refractivity contribution is 7.99. The van der Waals surface area contributed by atoms with Crippen molar-refractivity contribution in [2.24, 2.45) is 0 Å². The van der Waals surface area contributed by atoms with Crippen molar-refractivity contribution in [3.8, 4) is 28.9 Å². The number of hydrogen-bond donors (Lipinski definition) is 0. The van der Waals surface area contributed by atoms with E-state index in [1.54, 1.807) is 24.3 Å². The monoisotopic (exact) mass is 695 g/mol. The van der Waals surface area contributed by atoms with Gasteiger partial charge in [0.2, 0.25) is 0 Å². The van der Waals surface area contributed by atoms with Gasteiger partial charge in [0, 0.05) is 39.2 Å². The maximum Gasteiger partial charge on any atom is 0.303 e. The molecule has 46 heavy (non-hydrogen) atoms. The third-order valence-corrected chi connectivity index (χ3v) is 7.59. The van der Waals surface area contributed by atoms with Gasteiger partial charge in [-0.3, -0.25) is 19.2 Å². The Bertz CT molecular complexity index is 1690. The average Bonchev–Trinajstić information content (AvgIpc) is 3.75. The van der Waals surface area contributed by atoms with E-state index >= 15 is 0 Å². The molecule has 0 radical (unpaired) electrons. The minimum Gasteiger partial charge on any atom is -0.462 e. The minimum atomic E-state index is -0.767. The van der Waals surface area contributed by atoms with Gasteiger partial charge in [0.25, 0.3) is 22.2 Å². The standard InChI is InChI=1S/C26H26ClN7O10S2/c1-13(35)39-9-17(41-15(3)37)11-45-25-31-29-23(43-25)21-22(34(33-28-21)20-8-6-5-7-19(20)27)24-30-32-26(44-24)46-12-18(42-16(4)38)10-40-14(2)36/h5-8,17-18H,9-12H2,1-4H3. The third-order valence-electron chi connectivity index (χ3n) is 5.36. The van der Waals surface area contributed by atoms with Gasteiger partial charge in [0.05, 0.1) is 10.7 Å². The molecule has 2 unspecified atom stereocenters. The number of carbonyl (C=O) groups excluding carboxylic acids is 4. The predicted molar refractivity (Wildman–Crippen MR) is 159 cm³/mol. The summed E-state index contributed by atoms with van der Waals surface area (Å²) >= 11 is 8.58. The zero-order chi connectivity index (χ0) is 33.2. The molecule has 0 aliphatic rings. The van der Waals surface area contributed by atoms with Crippen molar-refractivity contribution in [2.75, 3.05) is 24.7 Å². The quantitative estimate of drug-likeness (QED) is 0.0991. The molecule has 0 spiro atoms. The molecular formula is C26H26ClN7O10S2. The lowest BCUT2D eigenvalue weighted by Crippen LogP contribution is -2.26. The predicted octanol–water partition coefficient (Wildman–Crippen LogP) is 3.19. The number of nitrogens with zero attached hydrogens (tertiary/aromatic N) is 7. The Hall–Kier alpha value is -4.49. The molecule has 20 heteroatoms. The van der Waals surface area contributed by atoms with E-state index in [2.05, 4.69) is 30.7 Å². The normalized spacial score (nSPS) is 12.3. The molecule has 0 bridgehead atoms. The van der Waals surface area contributed by atoms with Crippen LogP contribution >= 0.6 is 35.1 Å². The Morgan fingerprint density at radius 3 is 1.80 bits per heavy atom. The zero-order valence-electron chi connectivity index (χ0n) is 24.7. The van der Waals surface area contributed by atoms with Crippen molar-refractivity contribution in [1.82, 2.24) is 35.4 Å². The highest BCUT2D eigenvalue weighted by Crippen LogP contribution is 2.35. The van der Waals surface area contributed by atoms with Crippen LogP contribution < -0.4 is 0 Å². The SMILES string of the molecule is CC(=O)OCC(CSc1nnc(-c2nnn(-c3ccccc3Cl)c2-c2nnc(SCC(COC(C)=O)OC(C)=O)o2)o1)OC(C)=O. The van der Waals surface area contributed by atoms with Crippen LogP contribution in [0, 0.1) is 0 Å². The molecule has 0 fully saturated rings. The Morgan fingerprint density at radius 1 is 0.761 bits per heavy atom.